The van der Waals surface area contributed by atoms with E-state index in [-0.39, 0.29) is 24.7 Å². The molecular formula is C21H24N4O4S. The second kappa shape index (κ2) is 8.95. The highest BCUT2D eigenvalue weighted by Gasteiger charge is 2.41. The third-order valence-corrected chi connectivity index (χ3v) is 6.85. The Morgan fingerprint density at radius 1 is 1.17 bits per heavy atom. The van der Waals surface area contributed by atoms with E-state index in [0.717, 1.165) is 5.56 Å². The maximum Gasteiger partial charge on any atom is 0.246 e. The number of hydrogen-bond acceptors (Lipinski definition) is 6. The quantitative estimate of drug-likeness (QED) is 0.575. The van der Waals surface area contributed by atoms with E-state index in [1.807, 2.05) is 49.4 Å². The summed E-state index contributed by atoms with van der Waals surface area (Å²) in [5.41, 5.74) is 0.846. The fourth-order valence-electron chi connectivity index (χ4n) is 3.54. The highest BCUT2D eigenvalue weighted by atomic mass is 32.2. The number of ether oxygens (including phenoxy) is 2. The van der Waals surface area contributed by atoms with Crippen LogP contribution in [0, 0.1) is 0 Å². The second-order valence-electron chi connectivity index (χ2n) is 6.89. The van der Waals surface area contributed by atoms with Crippen molar-refractivity contribution in [3.8, 4) is 5.88 Å². The molecule has 1 saturated heterocycles. The number of pyridine rings is 1. The molecule has 0 radical (unpaired) electrons. The molecule has 0 spiro atoms. The van der Waals surface area contributed by atoms with E-state index >= 15 is 0 Å². The standard InChI is InChI=1S/C21H24N4O4S/c1-2-24-15-18(14-23-24)30(26,27)25-12-13-28-19(16-29-20-10-6-7-11-22-20)21(25)17-8-4-3-5-9-17/h3-11,14-15,19,21H,2,12-13,16H2,1H3/t19-,21-/m0/s1. The monoisotopic (exact) mass is 428 g/mol. The van der Waals surface area contributed by atoms with Crippen molar-refractivity contribution in [2.24, 2.45) is 0 Å². The topological polar surface area (TPSA) is 86.6 Å². The third-order valence-electron chi connectivity index (χ3n) is 5.02. The van der Waals surface area contributed by atoms with Gasteiger partial charge >= 0.3 is 0 Å². The summed E-state index contributed by atoms with van der Waals surface area (Å²) in [5, 5.41) is 4.14. The minimum Gasteiger partial charge on any atom is -0.475 e. The number of sulfonamides is 1. The van der Waals surface area contributed by atoms with Gasteiger partial charge in [-0.1, -0.05) is 36.4 Å². The molecule has 0 amide bonds. The molecule has 0 unspecified atom stereocenters. The van der Waals surface area contributed by atoms with Crippen LogP contribution in [0.4, 0.5) is 0 Å². The first-order valence-electron chi connectivity index (χ1n) is 9.84. The van der Waals surface area contributed by atoms with E-state index in [1.54, 1.807) is 23.1 Å². The summed E-state index contributed by atoms with van der Waals surface area (Å²) in [6, 6.07) is 14.4. The molecular weight excluding hydrogens is 404 g/mol. The SMILES string of the molecule is CCn1cc(S(=O)(=O)N2CCO[C@@H](COc3ccccn3)[C@@H]2c2ccccc2)cn1. The maximum absolute atomic E-state index is 13.5. The number of morpholine rings is 1. The highest BCUT2D eigenvalue weighted by molar-refractivity contribution is 7.89. The van der Waals surface area contributed by atoms with Crippen LogP contribution in [0.1, 0.15) is 18.5 Å². The molecule has 2 aromatic heterocycles. The molecule has 3 aromatic rings. The number of hydrogen-bond donors (Lipinski definition) is 0. The lowest BCUT2D eigenvalue weighted by molar-refractivity contribution is -0.0622. The van der Waals surface area contributed by atoms with Crippen LogP contribution in [-0.2, 0) is 21.3 Å². The predicted molar refractivity (Wildman–Crippen MR) is 110 cm³/mol. The van der Waals surface area contributed by atoms with Gasteiger partial charge in [0.25, 0.3) is 0 Å². The van der Waals surface area contributed by atoms with Crippen LogP contribution < -0.4 is 4.74 Å². The zero-order chi connectivity index (χ0) is 21.0. The van der Waals surface area contributed by atoms with Gasteiger partial charge in [-0.05, 0) is 18.6 Å². The van der Waals surface area contributed by atoms with Crippen molar-refractivity contribution >= 4 is 10.0 Å². The second-order valence-corrected chi connectivity index (χ2v) is 8.78. The molecule has 2 atom stereocenters. The molecule has 0 bridgehead atoms. The van der Waals surface area contributed by atoms with Gasteiger partial charge < -0.3 is 9.47 Å². The van der Waals surface area contributed by atoms with Gasteiger partial charge in [0.05, 0.1) is 18.8 Å². The number of nitrogens with zero attached hydrogens (tertiary/aromatic N) is 4. The van der Waals surface area contributed by atoms with Gasteiger partial charge in [-0.25, -0.2) is 13.4 Å². The lowest BCUT2D eigenvalue weighted by Gasteiger charge is -2.40. The molecule has 8 nitrogen and oxygen atoms in total. The van der Waals surface area contributed by atoms with E-state index in [0.29, 0.717) is 12.4 Å². The largest absolute Gasteiger partial charge is 0.475 e. The Morgan fingerprint density at radius 3 is 2.67 bits per heavy atom. The van der Waals surface area contributed by atoms with Gasteiger partial charge in [0, 0.05) is 31.5 Å². The summed E-state index contributed by atoms with van der Waals surface area (Å²) in [5.74, 6) is 0.470. The number of aryl methyl sites for hydroxylation is 1. The first-order chi connectivity index (χ1) is 14.6. The number of rotatable bonds is 7. The zero-order valence-corrected chi connectivity index (χ0v) is 17.5. The zero-order valence-electron chi connectivity index (χ0n) is 16.7. The van der Waals surface area contributed by atoms with Gasteiger partial charge in [-0.15, -0.1) is 0 Å². The molecule has 4 rings (SSSR count). The van der Waals surface area contributed by atoms with Crippen molar-refractivity contribution in [1.82, 2.24) is 19.1 Å². The van der Waals surface area contributed by atoms with Crippen molar-refractivity contribution in [3.05, 3.63) is 72.7 Å². The van der Waals surface area contributed by atoms with Crippen LogP contribution in [0.15, 0.2) is 72.0 Å². The Kier molecular flexibility index (Phi) is 6.12. The van der Waals surface area contributed by atoms with Gasteiger partial charge in [0.1, 0.15) is 17.6 Å². The lowest BCUT2D eigenvalue weighted by atomic mass is 10.0. The van der Waals surface area contributed by atoms with Gasteiger partial charge in [-0.3, -0.25) is 4.68 Å². The summed E-state index contributed by atoms with van der Waals surface area (Å²) >= 11 is 0. The molecule has 1 aliphatic heterocycles. The normalized spacial score (nSPS) is 20.2. The molecule has 0 saturated carbocycles. The van der Waals surface area contributed by atoms with Crippen LogP contribution in [0.5, 0.6) is 5.88 Å². The van der Waals surface area contributed by atoms with Crippen LogP contribution in [0.2, 0.25) is 0 Å². The molecule has 0 N–H and O–H groups in total. The molecule has 158 valence electrons. The number of aromatic nitrogens is 3. The minimum atomic E-state index is -3.77. The Labute approximate surface area is 176 Å². The van der Waals surface area contributed by atoms with E-state index in [4.69, 9.17) is 9.47 Å². The average molecular weight is 429 g/mol. The first-order valence-corrected chi connectivity index (χ1v) is 11.3. The molecule has 1 aliphatic rings. The Bertz CT molecular complexity index is 1060. The summed E-state index contributed by atoms with van der Waals surface area (Å²) in [4.78, 5) is 4.35. The van der Waals surface area contributed by atoms with E-state index in [9.17, 15) is 8.42 Å². The maximum atomic E-state index is 13.5. The van der Waals surface area contributed by atoms with Crippen LogP contribution in [-0.4, -0.2) is 53.3 Å². The van der Waals surface area contributed by atoms with Gasteiger partial charge in [0.2, 0.25) is 15.9 Å². The summed E-state index contributed by atoms with van der Waals surface area (Å²) in [6.45, 7) is 3.22. The van der Waals surface area contributed by atoms with Crippen LogP contribution >= 0.6 is 0 Å². The van der Waals surface area contributed by atoms with E-state index < -0.39 is 22.2 Å². The van der Waals surface area contributed by atoms with Crippen molar-refractivity contribution < 1.29 is 17.9 Å². The fraction of sp³-hybridized carbons (Fsp3) is 0.333. The average Bonchev–Trinajstić information content (AvgIpc) is 3.29. The Hall–Kier alpha value is -2.75. The fourth-order valence-corrected chi connectivity index (χ4v) is 5.11. The van der Waals surface area contributed by atoms with Crippen molar-refractivity contribution in [2.75, 3.05) is 19.8 Å². The summed E-state index contributed by atoms with van der Waals surface area (Å²) in [7, 11) is -3.77. The number of benzene rings is 1. The third kappa shape index (κ3) is 4.23. The first kappa shape index (κ1) is 20.5. The van der Waals surface area contributed by atoms with Crippen LogP contribution in [0.3, 0.4) is 0 Å². The molecule has 9 heteroatoms. The molecule has 30 heavy (non-hydrogen) atoms. The van der Waals surface area contributed by atoms with Gasteiger partial charge in [-0.2, -0.15) is 9.40 Å². The predicted octanol–water partition coefficient (Wildman–Crippen LogP) is 2.51. The van der Waals surface area contributed by atoms with E-state index in [1.165, 1.54) is 10.5 Å². The highest BCUT2D eigenvalue weighted by Crippen LogP contribution is 2.34. The molecule has 1 fully saturated rings. The molecule has 0 aliphatic carbocycles. The minimum absolute atomic E-state index is 0.177. The van der Waals surface area contributed by atoms with Crippen molar-refractivity contribution in [3.63, 3.8) is 0 Å². The summed E-state index contributed by atoms with van der Waals surface area (Å²) in [6.07, 6.45) is 4.12. The lowest BCUT2D eigenvalue weighted by Crippen LogP contribution is -2.50. The Morgan fingerprint density at radius 2 is 1.97 bits per heavy atom. The molecule has 1 aromatic carbocycles. The van der Waals surface area contributed by atoms with Gasteiger partial charge in [0.15, 0.2) is 0 Å². The summed E-state index contributed by atoms with van der Waals surface area (Å²) < 4.78 is 41.9. The van der Waals surface area contributed by atoms with E-state index in [2.05, 4.69) is 10.1 Å². The van der Waals surface area contributed by atoms with Crippen LogP contribution in [0.25, 0.3) is 0 Å². The Balaban J connectivity index is 1.66. The molecule has 3 heterocycles. The van der Waals surface area contributed by atoms with Crippen molar-refractivity contribution in [1.29, 1.82) is 0 Å². The smallest absolute Gasteiger partial charge is 0.246 e. The van der Waals surface area contributed by atoms with Crippen molar-refractivity contribution in [2.45, 2.75) is 30.5 Å².